The number of hydrogen-bond acceptors (Lipinski definition) is 7. The summed E-state index contributed by atoms with van der Waals surface area (Å²) in [6.45, 7) is 6.41. The summed E-state index contributed by atoms with van der Waals surface area (Å²) in [4.78, 5) is 35.2. The van der Waals surface area contributed by atoms with Crippen molar-refractivity contribution in [1.29, 1.82) is 0 Å². The summed E-state index contributed by atoms with van der Waals surface area (Å²) >= 11 is 0. The largest absolute Gasteiger partial charge is 0.383 e. The van der Waals surface area contributed by atoms with Gasteiger partial charge in [-0.3, -0.25) is 9.69 Å². The highest BCUT2D eigenvalue weighted by atomic mass is 16.2. The van der Waals surface area contributed by atoms with Crippen LogP contribution in [0.25, 0.3) is 11.6 Å². The van der Waals surface area contributed by atoms with Gasteiger partial charge in [0.15, 0.2) is 11.6 Å². The first-order valence-corrected chi connectivity index (χ1v) is 9.99. The fraction of sp³-hybridized carbons (Fsp3) is 0.579. The zero-order chi connectivity index (χ0) is 19.5. The van der Waals surface area contributed by atoms with E-state index in [1.807, 2.05) is 0 Å². The van der Waals surface area contributed by atoms with Crippen LogP contribution in [0.15, 0.2) is 12.4 Å². The maximum Gasteiger partial charge on any atom is 0.232 e. The molecule has 1 fully saturated rings. The Labute approximate surface area is 165 Å². The summed E-state index contributed by atoms with van der Waals surface area (Å²) in [5.74, 6) is 2.04. The van der Waals surface area contributed by atoms with Crippen molar-refractivity contribution in [1.82, 2.24) is 29.7 Å². The Morgan fingerprint density at radius 1 is 1.11 bits per heavy atom. The molecule has 0 unspecified atom stereocenters. The van der Waals surface area contributed by atoms with Crippen molar-refractivity contribution in [3.05, 3.63) is 18.0 Å². The van der Waals surface area contributed by atoms with Crippen LogP contribution in [-0.4, -0.2) is 82.0 Å². The second kappa shape index (κ2) is 8.24. The van der Waals surface area contributed by atoms with Gasteiger partial charge >= 0.3 is 0 Å². The van der Waals surface area contributed by atoms with Crippen molar-refractivity contribution in [3.8, 4) is 11.6 Å². The third-order valence-corrected chi connectivity index (χ3v) is 5.56. The maximum atomic E-state index is 12.5. The van der Waals surface area contributed by atoms with E-state index >= 15 is 0 Å². The van der Waals surface area contributed by atoms with Gasteiger partial charge in [0.25, 0.3) is 0 Å². The Kier molecular flexibility index (Phi) is 5.54. The molecule has 9 heteroatoms. The van der Waals surface area contributed by atoms with Crippen LogP contribution in [-0.2, 0) is 11.2 Å². The van der Waals surface area contributed by atoms with Crippen LogP contribution >= 0.6 is 0 Å². The summed E-state index contributed by atoms with van der Waals surface area (Å²) in [7, 11) is 2.18. The van der Waals surface area contributed by atoms with Crippen LogP contribution in [0, 0.1) is 0 Å². The van der Waals surface area contributed by atoms with Gasteiger partial charge in [0.05, 0.1) is 6.42 Å². The monoisotopic (exact) mass is 384 g/mol. The zero-order valence-corrected chi connectivity index (χ0v) is 16.4. The molecular formula is C19H28N8O. The van der Waals surface area contributed by atoms with Crippen LogP contribution < -0.4 is 10.6 Å². The number of rotatable bonds is 7. The number of likely N-dealkylation sites (N-methyl/N-ethyl adjacent to an activating group) is 1. The predicted octanol–water partition coefficient (Wildman–Crippen LogP) is 0.756. The van der Waals surface area contributed by atoms with Gasteiger partial charge in [-0.25, -0.2) is 15.0 Å². The first-order valence-electron chi connectivity index (χ1n) is 9.99. The molecule has 4 rings (SSSR count). The Morgan fingerprint density at radius 2 is 1.89 bits per heavy atom. The van der Waals surface area contributed by atoms with Crippen molar-refractivity contribution in [2.45, 2.75) is 25.7 Å². The number of anilines is 2. The van der Waals surface area contributed by atoms with Crippen molar-refractivity contribution < 1.29 is 4.79 Å². The standard InChI is InChI=1S/C19H28N8O/c1-25-9-11-26(12-10-25)7-3-2-4-8-27-15(28)13-14-16(20)23-18(24-19(14)27)17-21-5-6-22-17/h5-6H,2-4,7-13H2,1H3,(H,21,22)(H2,20,23,24). The van der Waals surface area contributed by atoms with Crippen LogP contribution in [0.1, 0.15) is 24.8 Å². The van der Waals surface area contributed by atoms with Crippen LogP contribution in [0.2, 0.25) is 0 Å². The molecule has 2 aromatic heterocycles. The van der Waals surface area contributed by atoms with Crippen molar-refractivity contribution in [2.24, 2.45) is 0 Å². The minimum absolute atomic E-state index is 0.0478. The van der Waals surface area contributed by atoms with E-state index in [0.717, 1.165) is 57.5 Å². The lowest BCUT2D eigenvalue weighted by molar-refractivity contribution is -0.117. The minimum atomic E-state index is 0.0478. The number of fused-ring (bicyclic) bond motifs is 1. The van der Waals surface area contributed by atoms with Crippen LogP contribution in [0.4, 0.5) is 11.6 Å². The number of piperazine rings is 1. The smallest absolute Gasteiger partial charge is 0.232 e. The van der Waals surface area contributed by atoms with Crippen LogP contribution in [0.3, 0.4) is 0 Å². The summed E-state index contributed by atoms with van der Waals surface area (Å²) < 4.78 is 0. The molecule has 1 saturated heterocycles. The normalized spacial score (nSPS) is 18.0. The van der Waals surface area contributed by atoms with E-state index in [1.165, 1.54) is 0 Å². The molecule has 2 aromatic rings. The number of imidazole rings is 1. The van der Waals surface area contributed by atoms with Gasteiger partial charge in [0.1, 0.15) is 11.6 Å². The molecule has 0 bridgehead atoms. The minimum Gasteiger partial charge on any atom is -0.383 e. The number of nitrogens with zero attached hydrogens (tertiary/aromatic N) is 6. The van der Waals surface area contributed by atoms with Crippen LogP contribution in [0.5, 0.6) is 0 Å². The van der Waals surface area contributed by atoms with Crippen molar-refractivity contribution in [3.63, 3.8) is 0 Å². The van der Waals surface area contributed by atoms with E-state index in [4.69, 9.17) is 5.73 Å². The maximum absolute atomic E-state index is 12.5. The molecule has 3 N–H and O–H groups in total. The molecule has 150 valence electrons. The highest BCUT2D eigenvalue weighted by Gasteiger charge is 2.31. The lowest BCUT2D eigenvalue weighted by Crippen LogP contribution is -2.44. The summed E-state index contributed by atoms with van der Waals surface area (Å²) in [6.07, 6.45) is 6.84. The Bertz CT molecular complexity index is 814. The Hall–Kier alpha value is -2.52. The number of nitrogen functional groups attached to an aromatic ring is 1. The average Bonchev–Trinajstić information content (AvgIpc) is 3.32. The molecule has 2 aliphatic rings. The number of unbranched alkanes of at least 4 members (excludes halogenated alkanes) is 2. The van der Waals surface area contributed by atoms with E-state index in [9.17, 15) is 4.79 Å². The first kappa shape index (κ1) is 18.8. The quantitative estimate of drug-likeness (QED) is 0.679. The fourth-order valence-corrected chi connectivity index (χ4v) is 3.82. The highest BCUT2D eigenvalue weighted by Crippen LogP contribution is 2.32. The SMILES string of the molecule is CN1CCN(CCCCCN2C(=O)Cc3c(N)nc(-c4ncc[nH]4)nc32)CC1. The fourth-order valence-electron chi connectivity index (χ4n) is 3.82. The van der Waals surface area contributed by atoms with Crippen molar-refractivity contribution >= 4 is 17.5 Å². The van der Waals surface area contributed by atoms with Gasteiger partial charge in [0.2, 0.25) is 5.91 Å². The van der Waals surface area contributed by atoms with E-state index in [1.54, 1.807) is 17.3 Å². The molecule has 4 heterocycles. The summed E-state index contributed by atoms with van der Waals surface area (Å²) in [5, 5.41) is 0. The number of carbonyl (C=O) groups excluding carboxylic acids is 1. The van der Waals surface area contributed by atoms with Gasteiger partial charge in [-0.1, -0.05) is 6.42 Å². The lowest BCUT2D eigenvalue weighted by atomic mass is 10.2. The molecule has 1 amide bonds. The molecule has 0 aliphatic carbocycles. The molecule has 28 heavy (non-hydrogen) atoms. The molecule has 0 aromatic carbocycles. The average molecular weight is 384 g/mol. The highest BCUT2D eigenvalue weighted by molar-refractivity contribution is 6.01. The molecule has 0 spiro atoms. The first-order chi connectivity index (χ1) is 13.6. The van der Waals surface area contributed by atoms with Gasteiger partial charge in [-0.15, -0.1) is 0 Å². The van der Waals surface area contributed by atoms with E-state index in [-0.39, 0.29) is 12.3 Å². The number of nitrogens with one attached hydrogen (secondary N) is 1. The van der Waals surface area contributed by atoms with Gasteiger partial charge in [-0.2, -0.15) is 0 Å². The zero-order valence-electron chi connectivity index (χ0n) is 16.4. The molecule has 2 aliphatic heterocycles. The third-order valence-electron chi connectivity index (χ3n) is 5.56. The Morgan fingerprint density at radius 3 is 2.64 bits per heavy atom. The van der Waals surface area contributed by atoms with E-state index in [0.29, 0.717) is 29.8 Å². The summed E-state index contributed by atoms with van der Waals surface area (Å²) in [6, 6.07) is 0. The summed E-state index contributed by atoms with van der Waals surface area (Å²) in [5.41, 5.74) is 6.83. The van der Waals surface area contributed by atoms with E-state index in [2.05, 4.69) is 36.8 Å². The number of aromatic amines is 1. The number of H-pyrrole nitrogens is 1. The Balaban J connectivity index is 1.33. The number of carbonyl (C=O) groups is 1. The molecule has 0 radical (unpaired) electrons. The van der Waals surface area contributed by atoms with Crippen molar-refractivity contribution in [2.75, 3.05) is 56.9 Å². The van der Waals surface area contributed by atoms with E-state index < -0.39 is 0 Å². The second-order valence-corrected chi connectivity index (χ2v) is 7.60. The number of hydrogen-bond donors (Lipinski definition) is 2. The topological polar surface area (TPSA) is 107 Å². The molecule has 9 nitrogen and oxygen atoms in total. The number of amides is 1. The second-order valence-electron chi connectivity index (χ2n) is 7.60. The van der Waals surface area contributed by atoms with Gasteiger partial charge in [-0.05, 0) is 26.4 Å². The molecule has 0 saturated carbocycles. The number of nitrogens with two attached hydrogens (primary N) is 1. The predicted molar refractivity (Wildman–Crippen MR) is 108 cm³/mol. The third kappa shape index (κ3) is 4.00. The lowest BCUT2D eigenvalue weighted by Gasteiger charge is -2.32. The van der Waals surface area contributed by atoms with Gasteiger partial charge < -0.3 is 20.5 Å². The molecule has 0 atom stereocenters. The van der Waals surface area contributed by atoms with Gasteiger partial charge in [0, 0.05) is 50.7 Å². The molecular weight excluding hydrogens is 356 g/mol. The number of aromatic nitrogens is 4.